The third-order valence-electron chi connectivity index (χ3n) is 4.33. The summed E-state index contributed by atoms with van der Waals surface area (Å²) in [6.07, 6.45) is 0. The summed E-state index contributed by atoms with van der Waals surface area (Å²) in [5.41, 5.74) is 9.25. The summed E-state index contributed by atoms with van der Waals surface area (Å²) in [6.45, 7) is 0. The van der Waals surface area contributed by atoms with E-state index in [9.17, 15) is 0 Å². The van der Waals surface area contributed by atoms with Crippen molar-refractivity contribution in [3.8, 4) is 22.3 Å². The Morgan fingerprint density at radius 3 is 1.70 bits per heavy atom. The summed E-state index contributed by atoms with van der Waals surface area (Å²) in [5, 5.41) is 8.69. The molecule has 0 saturated heterocycles. The van der Waals surface area contributed by atoms with E-state index in [1.54, 1.807) is 0 Å². The lowest BCUT2D eigenvalue weighted by atomic mass is 10.0. The van der Waals surface area contributed by atoms with E-state index in [2.05, 4.69) is 52.2 Å². The minimum absolute atomic E-state index is 0.827. The first-order chi connectivity index (χ1) is 13.4. The predicted molar refractivity (Wildman–Crippen MR) is 112 cm³/mol. The van der Waals surface area contributed by atoms with Crippen LogP contribution < -0.4 is 5.43 Å². The molecule has 0 spiro atoms. The number of hydrogen-bond donors (Lipinski definition) is 1. The molecule has 3 heteroatoms. The van der Waals surface area contributed by atoms with Crippen molar-refractivity contribution in [1.29, 1.82) is 0 Å². The lowest BCUT2D eigenvalue weighted by Crippen LogP contribution is -1.90. The van der Waals surface area contributed by atoms with E-state index in [4.69, 9.17) is 0 Å². The molecule has 27 heavy (non-hydrogen) atoms. The van der Waals surface area contributed by atoms with Crippen molar-refractivity contribution >= 4 is 11.4 Å². The standard InChI is InChI=1S/C24H19N3/c1-3-11-19(12-4-1)21-15-7-9-17-23(21)25-27-26-24-18-10-8-16-22(24)20-13-5-2-6-14-20/h1-18H,(H,25,26). The maximum absolute atomic E-state index is 4.43. The van der Waals surface area contributed by atoms with E-state index in [-0.39, 0.29) is 0 Å². The van der Waals surface area contributed by atoms with Gasteiger partial charge in [-0.1, -0.05) is 102 Å². The van der Waals surface area contributed by atoms with Crippen molar-refractivity contribution in [2.24, 2.45) is 10.3 Å². The van der Waals surface area contributed by atoms with Gasteiger partial charge >= 0.3 is 0 Å². The highest BCUT2D eigenvalue weighted by molar-refractivity contribution is 5.78. The van der Waals surface area contributed by atoms with Crippen molar-refractivity contribution in [3.63, 3.8) is 0 Å². The molecule has 0 radical (unpaired) electrons. The average Bonchev–Trinajstić information content (AvgIpc) is 2.76. The molecule has 0 aliphatic heterocycles. The van der Waals surface area contributed by atoms with Gasteiger partial charge in [0.2, 0.25) is 0 Å². The van der Waals surface area contributed by atoms with Gasteiger partial charge in [0.25, 0.3) is 0 Å². The molecule has 4 rings (SSSR count). The van der Waals surface area contributed by atoms with Gasteiger partial charge < -0.3 is 0 Å². The lowest BCUT2D eigenvalue weighted by molar-refractivity contribution is 1.13. The molecule has 0 heterocycles. The van der Waals surface area contributed by atoms with Crippen LogP contribution in [-0.2, 0) is 0 Å². The molecular formula is C24H19N3. The second-order valence-electron chi connectivity index (χ2n) is 6.11. The fourth-order valence-corrected chi connectivity index (χ4v) is 3.01. The summed E-state index contributed by atoms with van der Waals surface area (Å²) in [5.74, 6) is 0. The van der Waals surface area contributed by atoms with Gasteiger partial charge in [0, 0.05) is 11.1 Å². The Bertz CT molecular complexity index is 1040. The Hall–Kier alpha value is -3.72. The van der Waals surface area contributed by atoms with Gasteiger partial charge in [-0.05, 0) is 23.3 Å². The first-order valence-corrected chi connectivity index (χ1v) is 8.87. The number of rotatable bonds is 5. The van der Waals surface area contributed by atoms with Crippen LogP contribution in [0.2, 0.25) is 0 Å². The van der Waals surface area contributed by atoms with Crippen LogP contribution in [0.3, 0.4) is 0 Å². The van der Waals surface area contributed by atoms with Crippen molar-refractivity contribution in [2.45, 2.75) is 0 Å². The highest BCUT2D eigenvalue weighted by atomic mass is 15.4. The first-order valence-electron chi connectivity index (χ1n) is 8.87. The molecule has 0 amide bonds. The molecule has 0 bridgehead atoms. The van der Waals surface area contributed by atoms with Crippen molar-refractivity contribution in [1.82, 2.24) is 0 Å². The van der Waals surface area contributed by atoms with Crippen molar-refractivity contribution in [2.75, 3.05) is 5.43 Å². The van der Waals surface area contributed by atoms with Crippen LogP contribution in [0.4, 0.5) is 11.4 Å². The van der Waals surface area contributed by atoms with E-state index in [1.807, 2.05) is 72.8 Å². The Morgan fingerprint density at radius 2 is 1.00 bits per heavy atom. The molecule has 130 valence electrons. The van der Waals surface area contributed by atoms with E-state index >= 15 is 0 Å². The van der Waals surface area contributed by atoms with Crippen LogP contribution in [0.15, 0.2) is 120 Å². The highest BCUT2D eigenvalue weighted by Crippen LogP contribution is 2.31. The zero-order valence-electron chi connectivity index (χ0n) is 14.8. The number of hydrogen-bond acceptors (Lipinski definition) is 2. The molecule has 0 fully saturated rings. The SMILES string of the molecule is c1ccc(-c2ccccc2N=NNc2ccccc2-c2ccccc2)cc1. The lowest BCUT2D eigenvalue weighted by Gasteiger charge is -2.08. The van der Waals surface area contributed by atoms with E-state index in [0.29, 0.717) is 0 Å². The van der Waals surface area contributed by atoms with E-state index in [1.165, 1.54) is 0 Å². The molecule has 0 atom stereocenters. The maximum atomic E-state index is 4.43. The number of para-hydroxylation sites is 1. The summed E-state index contributed by atoms with van der Waals surface area (Å²) < 4.78 is 0. The molecule has 0 aliphatic carbocycles. The van der Waals surface area contributed by atoms with Crippen LogP contribution in [0.5, 0.6) is 0 Å². The molecule has 0 aliphatic rings. The second-order valence-corrected chi connectivity index (χ2v) is 6.11. The summed E-state index contributed by atoms with van der Waals surface area (Å²) in [6, 6.07) is 36.6. The predicted octanol–water partition coefficient (Wildman–Crippen LogP) is 7.13. The molecule has 1 N–H and O–H groups in total. The Morgan fingerprint density at radius 1 is 0.481 bits per heavy atom. The number of anilines is 1. The van der Waals surface area contributed by atoms with E-state index in [0.717, 1.165) is 33.6 Å². The van der Waals surface area contributed by atoms with Crippen LogP contribution in [0.1, 0.15) is 0 Å². The zero-order valence-corrected chi connectivity index (χ0v) is 14.8. The monoisotopic (exact) mass is 349 g/mol. The van der Waals surface area contributed by atoms with E-state index < -0.39 is 0 Å². The maximum Gasteiger partial charge on any atom is 0.0952 e. The quantitative estimate of drug-likeness (QED) is 0.302. The van der Waals surface area contributed by atoms with Crippen LogP contribution >= 0.6 is 0 Å². The minimum Gasteiger partial charge on any atom is -0.259 e. The zero-order chi connectivity index (χ0) is 18.3. The summed E-state index contributed by atoms with van der Waals surface area (Å²) in [4.78, 5) is 0. The smallest absolute Gasteiger partial charge is 0.0952 e. The van der Waals surface area contributed by atoms with Gasteiger partial charge in [-0.3, -0.25) is 5.43 Å². The minimum atomic E-state index is 0.827. The topological polar surface area (TPSA) is 36.8 Å². The number of nitrogens with zero attached hydrogens (tertiary/aromatic N) is 2. The van der Waals surface area contributed by atoms with Crippen molar-refractivity contribution in [3.05, 3.63) is 109 Å². The van der Waals surface area contributed by atoms with Crippen LogP contribution in [-0.4, -0.2) is 0 Å². The van der Waals surface area contributed by atoms with Crippen LogP contribution in [0.25, 0.3) is 22.3 Å². The molecular weight excluding hydrogens is 330 g/mol. The highest BCUT2D eigenvalue weighted by Gasteiger charge is 2.05. The summed E-state index contributed by atoms with van der Waals surface area (Å²) >= 11 is 0. The third kappa shape index (κ3) is 3.93. The van der Waals surface area contributed by atoms with Crippen LogP contribution in [0, 0.1) is 0 Å². The third-order valence-corrected chi connectivity index (χ3v) is 4.33. The number of nitrogens with one attached hydrogen (secondary N) is 1. The average molecular weight is 349 g/mol. The fourth-order valence-electron chi connectivity index (χ4n) is 3.01. The molecule has 4 aromatic rings. The molecule has 0 aromatic heterocycles. The fraction of sp³-hybridized carbons (Fsp3) is 0. The summed E-state index contributed by atoms with van der Waals surface area (Å²) in [7, 11) is 0. The Labute approximate surface area is 159 Å². The number of benzene rings is 4. The Kier molecular flexibility index (Phi) is 5.02. The largest absolute Gasteiger partial charge is 0.259 e. The van der Waals surface area contributed by atoms with Gasteiger partial charge in [0.15, 0.2) is 0 Å². The molecule has 4 aromatic carbocycles. The van der Waals surface area contributed by atoms with Gasteiger partial charge in [-0.25, -0.2) is 0 Å². The first kappa shape index (κ1) is 16.7. The van der Waals surface area contributed by atoms with Gasteiger partial charge in [0.1, 0.15) is 0 Å². The van der Waals surface area contributed by atoms with Gasteiger partial charge in [0.05, 0.1) is 11.4 Å². The molecule has 3 nitrogen and oxygen atoms in total. The normalized spacial score (nSPS) is 10.8. The molecule has 0 saturated carbocycles. The Balaban J connectivity index is 1.60. The van der Waals surface area contributed by atoms with Gasteiger partial charge in [-0.2, -0.15) is 0 Å². The van der Waals surface area contributed by atoms with Crippen molar-refractivity contribution < 1.29 is 0 Å². The second kappa shape index (κ2) is 8.11. The van der Waals surface area contributed by atoms with Gasteiger partial charge in [-0.15, -0.1) is 5.11 Å². The molecule has 0 unspecified atom stereocenters.